The Morgan fingerprint density at radius 1 is 0.957 bits per heavy atom. The Bertz CT molecular complexity index is 646. The van der Waals surface area contributed by atoms with Crippen LogP contribution in [0.2, 0.25) is 0 Å². The number of nitrogens with zero attached hydrogens (tertiary/aromatic N) is 4. The summed E-state index contributed by atoms with van der Waals surface area (Å²) in [6.45, 7) is 7.36. The smallest absolute Gasteiger partial charge is 0.250 e. The maximum absolute atomic E-state index is 4.34. The SMILES string of the molecule is CCNc1nc(NCC)nc(NN=C(C)c2ccc(Br)cc2)n1. The van der Waals surface area contributed by atoms with Gasteiger partial charge >= 0.3 is 0 Å². The van der Waals surface area contributed by atoms with Crippen molar-refractivity contribution in [2.24, 2.45) is 5.10 Å². The first-order chi connectivity index (χ1) is 11.1. The Labute approximate surface area is 144 Å². The molecule has 1 aromatic heterocycles. The first-order valence-corrected chi connectivity index (χ1v) is 8.21. The summed E-state index contributed by atoms with van der Waals surface area (Å²) in [5.41, 5.74) is 4.75. The summed E-state index contributed by atoms with van der Waals surface area (Å²) < 4.78 is 1.03. The third kappa shape index (κ3) is 5.17. The molecule has 3 N–H and O–H groups in total. The van der Waals surface area contributed by atoms with Gasteiger partial charge in [-0.3, -0.25) is 0 Å². The molecule has 2 rings (SSSR count). The van der Waals surface area contributed by atoms with Crippen molar-refractivity contribution in [3.05, 3.63) is 34.3 Å². The molecule has 0 unspecified atom stereocenters. The lowest BCUT2D eigenvalue weighted by Gasteiger charge is -2.08. The van der Waals surface area contributed by atoms with E-state index < -0.39 is 0 Å². The molecule has 0 atom stereocenters. The predicted molar refractivity (Wildman–Crippen MR) is 98.1 cm³/mol. The molecule has 122 valence electrons. The highest BCUT2D eigenvalue weighted by Crippen LogP contribution is 2.12. The van der Waals surface area contributed by atoms with E-state index in [1.54, 1.807) is 0 Å². The molecular formula is C15H20BrN7. The molecule has 1 heterocycles. The van der Waals surface area contributed by atoms with E-state index in [1.165, 1.54) is 0 Å². The van der Waals surface area contributed by atoms with E-state index in [9.17, 15) is 0 Å². The molecule has 0 bridgehead atoms. The monoisotopic (exact) mass is 377 g/mol. The summed E-state index contributed by atoms with van der Waals surface area (Å²) in [7, 11) is 0. The first-order valence-electron chi connectivity index (χ1n) is 7.42. The second kappa shape index (κ2) is 8.42. The quantitative estimate of drug-likeness (QED) is 0.506. The fraction of sp³-hybridized carbons (Fsp3) is 0.333. The molecule has 0 aliphatic carbocycles. The van der Waals surface area contributed by atoms with Crippen molar-refractivity contribution in [1.82, 2.24) is 15.0 Å². The van der Waals surface area contributed by atoms with E-state index in [2.05, 4.69) is 52.0 Å². The number of rotatable bonds is 7. The maximum atomic E-state index is 4.34. The van der Waals surface area contributed by atoms with Crippen molar-refractivity contribution in [2.75, 3.05) is 29.1 Å². The standard InChI is InChI=1S/C15H20BrN7/c1-4-17-13-19-14(18-5-2)21-15(20-13)23-22-10(3)11-6-8-12(16)9-7-11/h6-9H,4-5H2,1-3H3,(H3,17,18,19,20,21,23). The van der Waals surface area contributed by atoms with Gasteiger partial charge < -0.3 is 10.6 Å². The topological polar surface area (TPSA) is 87.1 Å². The van der Waals surface area contributed by atoms with Crippen LogP contribution in [-0.2, 0) is 0 Å². The van der Waals surface area contributed by atoms with E-state index in [0.717, 1.165) is 28.8 Å². The number of nitrogens with one attached hydrogen (secondary N) is 3. The fourth-order valence-corrected chi connectivity index (χ4v) is 2.05. The van der Waals surface area contributed by atoms with Crippen molar-refractivity contribution in [3.8, 4) is 0 Å². The lowest BCUT2D eigenvalue weighted by Crippen LogP contribution is -2.11. The number of aromatic nitrogens is 3. The van der Waals surface area contributed by atoms with E-state index in [0.29, 0.717) is 17.8 Å². The van der Waals surface area contributed by atoms with E-state index >= 15 is 0 Å². The molecule has 2 aromatic rings. The molecule has 0 spiro atoms. The van der Waals surface area contributed by atoms with Crippen molar-refractivity contribution in [1.29, 1.82) is 0 Å². The second-order valence-electron chi connectivity index (χ2n) is 4.68. The van der Waals surface area contributed by atoms with Crippen LogP contribution in [0, 0.1) is 0 Å². The third-order valence-electron chi connectivity index (χ3n) is 2.89. The Morgan fingerprint density at radius 2 is 1.48 bits per heavy atom. The van der Waals surface area contributed by atoms with E-state index in [4.69, 9.17) is 0 Å². The summed E-state index contributed by atoms with van der Waals surface area (Å²) in [5.74, 6) is 1.42. The lowest BCUT2D eigenvalue weighted by atomic mass is 10.1. The summed E-state index contributed by atoms with van der Waals surface area (Å²) in [4.78, 5) is 12.8. The molecule has 0 fully saturated rings. The number of hydrogen-bond acceptors (Lipinski definition) is 7. The zero-order valence-corrected chi connectivity index (χ0v) is 15.0. The zero-order chi connectivity index (χ0) is 16.7. The Balaban J connectivity index is 2.17. The number of halogens is 1. The van der Waals surface area contributed by atoms with Gasteiger partial charge in [0, 0.05) is 17.6 Å². The average Bonchev–Trinajstić information content (AvgIpc) is 2.54. The van der Waals surface area contributed by atoms with Gasteiger partial charge in [-0.05, 0) is 38.5 Å². The van der Waals surface area contributed by atoms with Crippen LogP contribution in [0.3, 0.4) is 0 Å². The first kappa shape index (κ1) is 17.1. The van der Waals surface area contributed by atoms with Crippen LogP contribution >= 0.6 is 15.9 Å². The Hall–Kier alpha value is -2.22. The van der Waals surface area contributed by atoms with Crippen LogP contribution < -0.4 is 16.1 Å². The molecule has 0 saturated carbocycles. The third-order valence-corrected chi connectivity index (χ3v) is 3.42. The molecule has 23 heavy (non-hydrogen) atoms. The molecule has 0 amide bonds. The minimum atomic E-state index is 0.392. The molecular weight excluding hydrogens is 358 g/mol. The largest absolute Gasteiger partial charge is 0.354 e. The molecule has 1 aromatic carbocycles. The van der Waals surface area contributed by atoms with Gasteiger partial charge in [-0.25, -0.2) is 5.43 Å². The van der Waals surface area contributed by atoms with Crippen molar-refractivity contribution < 1.29 is 0 Å². The molecule has 0 aliphatic rings. The maximum Gasteiger partial charge on any atom is 0.250 e. The highest BCUT2D eigenvalue weighted by molar-refractivity contribution is 9.10. The van der Waals surface area contributed by atoms with Crippen molar-refractivity contribution >= 4 is 39.5 Å². The highest BCUT2D eigenvalue weighted by atomic mass is 79.9. The van der Waals surface area contributed by atoms with Crippen molar-refractivity contribution in [2.45, 2.75) is 20.8 Å². The number of anilines is 3. The minimum Gasteiger partial charge on any atom is -0.354 e. The predicted octanol–water partition coefficient (Wildman–Crippen LogP) is 3.33. The average molecular weight is 378 g/mol. The van der Waals surface area contributed by atoms with Gasteiger partial charge in [0.1, 0.15) is 0 Å². The number of hydrazone groups is 1. The molecule has 8 heteroatoms. The van der Waals surface area contributed by atoms with Gasteiger partial charge in [0.15, 0.2) is 0 Å². The summed E-state index contributed by atoms with van der Waals surface area (Å²) in [6.07, 6.45) is 0. The highest BCUT2D eigenvalue weighted by Gasteiger charge is 2.05. The van der Waals surface area contributed by atoms with E-state index in [-0.39, 0.29) is 0 Å². The zero-order valence-electron chi connectivity index (χ0n) is 13.4. The lowest BCUT2D eigenvalue weighted by molar-refractivity contribution is 0.991. The normalized spacial score (nSPS) is 11.2. The molecule has 0 radical (unpaired) electrons. The van der Waals surface area contributed by atoms with Gasteiger partial charge in [0.2, 0.25) is 17.8 Å². The Kier molecular flexibility index (Phi) is 6.28. The van der Waals surface area contributed by atoms with Gasteiger partial charge in [0.05, 0.1) is 5.71 Å². The van der Waals surface area contributed by atoms with Gasteiger partial charge in [-0.1, -0.05) is 28.1 Å². The van der Waals surface area contributed by atoms with Gasteiger partial charge in [-0.15, -0.1) is 0 Å². The fourth-order valence-electron chi connectivity index (χ4n) is 1.79. The van der Waals surface area contributed by atoms with Crippen LogP contribution in [0.25, 0.3) is 0 Å². The Morgan fingerprint density at radius 3 is 2.00 bits per heavy atom. The van der Waals surface area contributed by atoms with Crippen LogP contribution in [0.5, 0.6) is 0 Å². The van der Waals surface area contributed by atoms with Gasteiger partial charge in [-0.2, -0.15) is 20.1 Å². The minimum absolute atomic E-state index is 0.392. The number of hydrogen-bond donors (Lipinski definition) is 3. The molecule has 0 aliphatic heterocycles. The molecule has 0 saturated heterocycles. The van der Waals surface area contributed by atoms with Crippen LogP contribution in [0.15, 0.2) is 33.8 Å². The number of benzene rings is 1. The summed E-state index contributed by atoms with van der Waals surface area (Å²) in [6, 6.07) is 7.94. The van der Waals surface area contributed by atoms with Crippen LogP contribution in [0.1, 0.15) is 26.3 Å². The van der Waals surface area contributed by atoms with E-state index in [1.807, 2.05) is 45.0 Å². The summed E-state index contributed by atoms with van der Waals surface area (Å²) >= 11 is 3.42. The second-order valence-corrected chi connectivity index (χ2v) is 5.60. The van der Waals surface area contributed by atoms with Crippen LogP contribution in [-0.4, -0.2) is 33.8 Å². The van der Waals surface area contributed by atoms with Crippen LogP contribution in [0.4, 0.5) is 17.8 Å². The molecule has 7 nitrogen and oxygen atoms in total. The van der Waals surface area contributed by atoms with Gasteiger partial charge in [0.25, 0.3) is 0 Å². The van der Waals surface area contributed by atoms with Crippen molar-refractivity contribution in [3.63, 3.8) is 0 Å². The summed E-state index contributed by atoms with van der Waals surface area (Å²) in [5, 5.41) is 10.5.